The molecule has 0 saturated heterocycles. The Bertz CT molecular complexity index is 1680. The molecule has 0 unspecified atom stereocenters. The van der Waals surface area contributed by atoms with E-state index < -0.39 is 5.97 Å². The second kappa shape index (κ2) is 10.2. The summed E-state index contributed by atoms with van der Waals surface area (Å²) in [5, 5.41) is 5.43. The highest BCUT2D eigenvalue weighted by Crippen LogP contribution is 2.33. The molecular formula is C26H14Br2ClN3O4. The molecule has 0 fully saturated rings. The minimum Gasteiger partial charge on any atom is -0.457 e. The summed E-state index contributed by atoms with van der Waals surface area (Å²) in [7, 11) is 0. The Balaban J connectivity index is 1.64. The fraction of sp³-hybridized carbons (Fsp3) is 0. The number of para-hydroxylation sites is 1. The summed E-state index contributed by atoms with van der Waals surface area (Å²) in [6, 6.07) is 20.5. The Morgan fingerprint density at radius 2 is 1.83 bits per heavy atom. The van der Waals surface area contributed by atoms with Gasteiger partial charge in [0.2, 0.25) is 5.76 Å². The van der Waals surface area contributed by atoms with Gasteiger partial charge in [0.25, 0.3) is 5.56 Å². The van der Waals surface area contributed by atoms with Crippen LogP contribution in [0.15, 0.2) is 102 Å². The van der Waals surface area contributed by atoms with Gasteiger partial charge < -0.3 is 9.15 Å². The van der Waals surface area contributed by atoms with Crippen LogP contribution in [0.4, 0.5) is 0 Å². The van der Waals surface area contributed by atoms with Crippen LogP contribution >= 0.6 is 43.5 Å². The lowest BCUT2D eigenvalue weighted by molar-refractivity contribution is 0.0700. The van der Waals surface area contributed by atoms with Gasteiger partial charge in [-0.2, -0.15) is 9.78 Å². The standard InChI is InChI=1S/C26H14Br2ClN3O4/c27-17-12-16(23(20(28)13-17)36-26(34)22-6-3-11-35-22)14-30-32-24(15-7-9-18(29)10-8-15)31-21-5-2-1-4-19(21)25(32)33/h1-14H. The van der Waals surface area contributed by atoms with Crippen molar-refractivity contribution in [2.45, 2.75) is 0 Å². The van der Waals surface area contributed by atoms with Crippen LogP contribution in [0.2, 0.25) is 5.02 Å². The lowest BCUT2D eigenvalue weighted by atomic mass is 10.2. The van der Waals surface area contributed by atoms with Crippen LogP contribution in [0.1, 0.15) is 16.1 Å². The summed E-state index contributed by atoms with van der Waals surface area (Å²) in [6.07, 6.45) is 2.81. The summed E-state index contributed by atoms with van der Waals surface area (Å²) < 4.78 is 13.1. The summed E-state index contributed by atoms with van der Waals surface area (Å²) >= 11 is 12.9. The van der Waals surface area contributed by atoms with Crippen molar-refractivity contribution in [1.29, 1.82) is 0 Å². The van der Waals surface area contributed by atoms with Crippen molar-refractivity contribution in [3.8, 4) is 17.1 Å². The van der Waals surface area contributed by atoms with Crippen LogP contribution in [0, 0.1) is 0 Å². The highest BCUT2D eigenvalue weighted by atomic mass is 79.9. The number of nitrogens with zero attached hydrogens (tertiary/aromatic N) is 3. The Morgan fingerprint density at radius 3 is 2.58 bits per heavy atom. The molecule has 0 aliphatic rings. The second-order valence-corrected chi connectivity index (χ2v) is 9.70. The molecule has 7 nitrogen and oxygen atoms in total. The first-order valence-electron chi connectivity index (χ1n) is 10.5. The lowest BCUT2D eigenvalue weighted by Gasteiger charge is -2.11. The molecule has 0 aliphatic carbocycles. The van der Waals surface area contributed by atoms with Crippen molar-refractivity contribution in [2.75, 3.05) is 0 Å². The average Bonchev–Trinajstić information content (AvgIpc) is 3.41. The van der Waals surface area contributed by atoms with Crippen molar-refractivity contribution in [3.63, 3.8) is 0 Å². The lowest BCUT2D eigenvalue weighted by Crippen LogP contribution is -2.20. The maximum atomic E-state index is 13.4. The van der Waals surface area contributed by atoms with E-state index in [-0.39, 0.29) is 17.1 Å². The van der Waals surface area contributed by atoms with Gasteiger partial charge in [0.05, 0.1) is 27.9 Å². The summed E-state index contributed by atoms with van der Waals surface area (Å²) in [4.78, 5) is 30.6. The number of rotatable bonds is 5. The predicted molar refractivity (Wildman–Crippen MR) is 145 cm³/mol. The number of carbonyl (C=O) groups is 1. The van der Waals surface area contributed by atoms with Gasteiger partial charge in [-0.05, 0) is 76.6 Å². The number of furan rings is 1. The molecule has 178 valence electrons. The van der Waals surface area contributed by atoms with Gasteiger partial charge in [-0.15, -0.1) is 0 Å². The SMILES string of the molecule is O=C(Oc1c(Br)cc(Br)cc1C=Nn1c(-c2ccc(Cl)cc2)nc2ccccc2c1=O)c1ccco1. The van der Waals surface area contributed by atoms with Gasteiger partial charge in [0.1, 0.15) is 0 Å². The first-order chi connectivity index (χ1) is 17.4. The van der Waals surface area contributed by atoms with Crippen LogP contribution in [-0.2, 0) is 0 Å². The Hall–Kier alpha value is -3.53. The molecule has 5 rings (SSSR count). The van der Waals surface area contributed by atoms with Crippen LogP contribution in [-0.4, -0.2) is 21.8 Å². The minimum atomic E-state index is -0.677. The fourth-order valence-electron chi connectivity index (χ4n) is 3.46. The monoisotopic (exact) mass is 625 g/mol. The molecule has 0 radical (unpaired) electrons. The topological polar surface area (TPSA) is 86.7 Å². The molecule has 3 aromatic carbocycles. The second-order valence-electron chi connectivity index (χ2n) is 7.49. The van der Waals surface area contributed by atoms with Crippen molar-refractivity contribution in [1.82, 2.24) is 9.66 Å². The Labute approximate surface area is 226 Å². The van der Waals surface area contributed by atoms with E-state index in [2.05, 4.69) is 41.9 Å². The Kier molecular flexibility index (Phi) is 6.86. The third-order valence-electron chi connectivity index (χ3n) is 5.12. The van der Waals surface area contributed by atoms with E-state index in [9.17, 15) is 9.59 Å². The molecule has 0 saturated carbocycles. The quantitative estimate of drug-likeness (QED) is 0.120. The molecule has 10 heteroatoms. The predicted octanol–water partition coefficient (Wildman–Crippen LogP) is 6.94. The maximum Gasteiger partial charge on any atom is 0.379 e. The molecule has 2 aromatic heterocycles. The van der Waals surface area contributed by atoms with Crippen LogP contribution < -0.4 is 10.3 Å². The molecule has 0 atom stereocenters. The van der Waals surface area contributed by atoms with Gasteiger partial charge in [0.15, 0.2) is 11.6 Å². The Morgan fingerprint density at radius 1 is 1.06 bits per heavy atom. The molecule has 0 spiro atoms. The zero-order valence-corrected chi connectivity index (χ0v) is 22.1. The van der Waals surface area contributed by atoms with Crippen LogP contribution in [0.5, 0.6) is 5.75 Å². The van der Waals surface area contributed by atoms with Crippen molar-refractivity contribution >= 4 is 66.5 Å². The first kappa shape index (κ1) is 24.2. The van der Waals surface area contributed by atoms with E-state index in [1.807, 2.05) is 6.07 Å². The third kappa shape index (κ3) is 4.90. The van der Waals surface area contributed by atoms with E-state index in [1.54, 1.807) is 60.7 Å². The van der Waals surface area contributed by atoms with E-state index in [4.69, 9.17) is 20.8 Å². The zero-order valence-electron chi connectivity index (χ0n) is 18.2. The largest absolute Gasteiger partial charge is 0.457 e. The number of fused-ring (bicyclic) bond motifs is 1. The van der Waals surface area contributed by atoms with Gasteiger partial charge in [-0.1, -0.05) is 39.7 Å². The summed E-state index contributed by atoms with van der Waals surface area (Å²) in [5.41, 5.74) is 1.26. The van der Waals surface area contributed by atoms with E-state index in [0.29, 0.717) is 41.8 Å². The van der Waals surface area contributed by atoms with Crippen LogP contribution in [0.25, 0.3) is 22.3 Å². The summed E-state index contributed by atoms with van der Waals surface area (Å²) in [6.45, 7) is 0. The smallest absolute Gasteiger partial charge is 0.379 e. The number of esters is 1. The van der Waals surface area contributed by atoms with Crippen molar-refractivity contribution in [2.24, 2.45) is 5.10 Å². The molecular weight excluding hydrogens is 614 g/mol. The molecule has 0 N–H and O–H groups in total. The van der Waals surface area contributed by atoms with Crippen molar-refractivity contribution < 1.29 is 13.9 Å². The van der Waals surface area contributed by atoms with Crippen LogP contribution in [0.3, 0.4) is 0 Å². The van der Waals surface area contributed by atoms with E-state index in [0.717, 1.165) is 0 Å². The highest BCUT2D eigenvalue weighted by Gasteiger charge is 2.18. The fourth-order valence-corrected chi connectivity index (χ4v) is 4.92. The minimum absolute atomic E-state index is 0.0488. The van der Waals surface area contributed by atoms with Gasteiger partial charge >= 0.3 is 5.97 Å². The average molecular weight is 628 g/mol. The van der Waals surface area contributed by atoms with Gasteiger partial charge in [-0.3, -0.25) is 4.79 Å². The zero-order chi connectivity index (χ0) is 25.2. The number of benzene rings is 3. The molecule has 36 heavy (non-hydrogen) atoms. The van der Waals surface area contributed by atoms with Gasteiger partial charge in [-0.25, -0.2) is 9.78 Å². The molecule has 2 heterocycles. The number of ether oxygens (including phenoxy) is 1. The normalized spacial score (nSPS) is 11.3. The third-order valence-corrected chi connectivity index (χ3v) is 6.42. The number of aromatic nitrogens is 2. The molecule has 0 aliphatic heterocycles. The summed E-state index contributed by atoms with van der Waals surface area (Å²) in [5.74, 6) is -0.0928. The van der Waals surface area contributed by atoms with Crippen molar-refractivity contribution in [3.05, 3.63) is 115 Å². The molecule has 0 bridgehead atoms. The number of carbonyl (C=O) groups excluding carboxylic acids is 1. The highest BCUT2D eigenvalue weighted by molar-refractivity contribution is 9.11. The number of hydrogen-bond donors (Lipinski definition) is 0. The van der Waals surface area contributed by atoms with Gasteiger partial charge in [0, 0.05) is 20.6 Å². The number of halogens is 3. The van der Waals surface area contributed by atoms with E-state index >= 15 is 0 Å². The molecule has 0 amide bonds. The first-order valence-corrected chi connectivity index (χ1v) is 12.4. The van der Waals surface area contributed by atoms with E-state index in [1.165, 1.54) is 23.2 Å². The number of hydrogen-bond acceptors (Lipinski definition) is 6. The maximum absolute atomic E-state index is 13.4. The molecule has 5 aromatic rings.